The largest absolute Gasteiger partial charge is 0.351 e. The molecular weight excluding hydrogens is 252 g/mol. The number of hydrogen-bond donors (Lipinski definition) is 2. The Morgan fingerprint density at radius 2 is 1.85 bits per heavy atom. The van der Waals surface area contributed by atoms with E-state index in [4.69, 9.17) is 0 Å². The molecule has 0 saturated carbocycles. The second-order valence-corrected chi connectivity index (χ2v) is 5.25. The smallest absolute Gasteiger partial charge is 0.309 e. The lowest BCUT2D eigenvalue weighted by Gasteiger charge is -2.21. The van der Waals surface area contributed by atoms with Crippen molar-refractivity contribution in [3.05, 3.63) is 34.9 Å². The third kappa shape index (κ3) is 3.18. The van der Waals surface area contributed by atoms with Crippen LogP contribution in [0.4, 0.5) is 0 Å². The quantitative estimate of drug-likeness (QED) is 0.827. The first-order chi connectivity index (χ1) is 9.65. The van der Waals surface area contributed by atoms with Crippen molar-refractivity contribution in [2.75, 3.05) is 7.05 Å². The highest BCUT2D eigenvalue weighted by Gasteiger charge is 2.19. The summed E-state index contributed by atoms with van der Waals surface area (Å²) in [6.45, 7) is 2.01. The summed E-state index contributed by atoms with van der Waals surface area (Å²) < 4.78 is 0. The maximum atomic E-state index is 11.7. The van der Waals surface area contributed by atoms with E-state index in [0.717, 1.165) is 24.8 Å². The molecular formula is C16H22N2O2. The summed E-state index contributed by atoms with van der Waals surface area (Å²) in [5.41, 5.74) is 3.90. The molecule has 108 valence electrons. The predicted octanol–water partition coefficient (Wildman–Crippen LogP) is 1.88. The lowest BCUT2D eigenvalue weighted by atomic mass is 9.89. The molecule has 2 rings (SSSR count). The van der Waals surface area contributed by atoms with E-state index < -0.39 is 11.8 Å². The average molecular weight is 274 g/mol. The fraction of sp³-hybridized carbons (Fsp3) is 0.500. The zero-order valence-electron chi connectivity index (χ0n) is 12.2. The summed E-state index contributed by atoms with van der Waals surface area (Å²) >= 11 is 0. The Hall–Kier alpha value is -1.84. The Bertz CT molecular complexity index is 511. The van der Waals surface area contributed by atoms with Gasteiger partial charge in [-0.3, -0.25) is 9.59 Å². The maximum Gasteiger partial charge on any atom is 0.309 e. The Balaban J connectivity index is 2.15. The number of carbonyl (C=O) groups is 2. The summed E-state index contributed by atoms with van der Waals surface area (Å²) in [5, 5.41) is 5.13. The van der Waals surface area contributed by atoms with Gasteiger partial charge in [0.05, 0.1) is 6.04 Å². The number of aryl methyl sites for hydroxylation is 2. The number of nitrogens with one attached hydrogen (secondary N) is 2. The fourth-order valence-corrected chi connectivity index (χ4v) is 2.73. The van der Waals surface area contributed by atoms with Gasteiger partial charge in [0.15, 0.2) is 0 Å². The van der Waals surface area contributed by atoms with Crippen LogP contribution >= 0.6 is 0 Å². The number of amides is 2. The summed E-state index contributed by atoms with van der Waals surface area (Å²) in [6, 6.07) is 6.32. The number of fused-ring (bicyclic) bond motifs is 1. The van der Waals surface area contributed by atoms with Gasteiger partial charge in [-0.2, -0.15) is 0 Å². The second kappa shape index (κ2) is 6.55. The Labute approximate surface area is 119 Å². The van der Waals surface area contributed by atoms with Crippen molar-refractivity contribution in [3.63, 3.8) is 0 Å². The molecule has 0 aliphatic heterocycles. The van der Waals surface area contributed by atoms with Crippen LogP contribution in [0.1, 0.15) is 48.9 Å². The van der Waals surface area contributed by atoms with Crippen LogP contribution in [-0.4, -0.2) is 18.9 Å². The van der Waals surface area contributed by atoms with E-state index in [-0.39, 0.29) is 6.04 Å². The van der Waals surface area contributed by atoms with Crippen LogP contribution in [0.25, 0.3) is 0 Å². The zero-order chi connectivity index (χ0) is 14.5. The van der Waals surface area contributed by atoms with E-state index in [9.17, 15) is 9.59 Å². The van der Waals surface area contributed by atoms with Gasteiger partial charge in [-0.1, -0.05) is 25.1 Å². The SMILES string of the molecule is CCC(NC(=O)C(=O)NC)c1ccc2c(c1)CCCC2. The van der Waals surface area contributed by atoms with Crippen molar-refractivity contribution in [3.8, 4) is 0 Å². The minimum absolute atomic E-state index is 0.105. The molecule has 2 N–H and O–H groups in total. The number of benzene rings is 1. The summed E-state index contributed by atoms with van der Waals surface area (Å²) in [4.78, 5) is 23.0. The highest BCUT2D eigenvalue weighted by atomic mass is 16.2. The van der Waals surface area contributed by atoms with Gasteiger partial charge in [0.25, 0.3) is 0 Å². The molecule has 4 heteroatoms. The van der Waals surface area contributed by atoms with E-state index in [2.05, 4.69) is 28.8 Å². The first-order valence-electron chi connectivity index (χ1n) is 7.30. The molecule has 1 atom stereocenters. The van der Waals surface area contributed by atoms with Crippen molar-refractivity contribution in [1.82, 2.24) is 10.6 Å². The number of hydrogen-bond acceptors (Lipinski definition) is 2. The number of likely N-dealkylation sites (N-methyl/N-ethyl adjacent to an activating group) is 1. The normalized spacial score (nSPS) is 15.1. The van der Waals surface area contributed by atoms with Gasteiger partial charge >= 0.3 is 11.8 Å². The third-order valence-corrected chi connectivity index (χ3v) is 3.92. The molecule has 20 heavy (non-hydrogen) atoms. The van der Waals surface area contributed by atoms with Gasteiger partial charge < -0.3 is 10.6 Å². The van der Waals surface area contributed by atoms with Crippen LogP contribution in [0.3, 0.4) is 0 Å². The van der Waals surface area contributed by atoms with Crippen molar-refractivity contribution >= 4 is 11.8 Å². The van der Waals surface area contributed by atoms with Gasteiger partial charge in [0, 0.05) is 7.05 Å². The predicted molar refractivity (Wildman–Crippen MR) is 78.3 cm³/mol. The second-order valence-electron chi connectivity index (χ2n) is 5.25. The van der Waals surface area contributed by atoms with Crippen LogP contribution in [0, 0.1) is 0 Å². The number of rotatable bonds is 3. The van der Waals surface area contributed by atoms with Gasteiger partial charge in [0.1, 0.15) is 0 Å². The van der Waals surface area contributed by atoms with Crippen LogP contribution in [0.5, 0.6) is 0 Å². The Morgan fingerprint density at radius 3 is 2.50 bits per heavy atom. The molecule has 4 nitrogen and oxygen atoms in total. The number of carbonyl (C=O) groups excluding carboxylic acids is 2. The van der Waals surface area contributed by atoms with Crippen LogP contribution in [0.2, 0.25) is 0 Å². The van der Waals surface area contributed by atoms with Crippen molar-refractivity contribution in [2.24, 2.45) is 0 Å². The van der Waals surface area contributed by atoms with Crippen LogP contribution in [0.15, 0.2) is 18.2 Å². The highest BCUT2D eigenvalue weighted by Crippen LogP contribution is 2.25. The van der Waals surface area contributed by atoms with Crippen LogP contribution < -0.4 is 10.6 Å². The minimum Gasteiger partial charge on any atom is -0.351 e. The molecule has 0 spiro atoms. The molecule has 2 amide bonds. The van der Waals surface area contributed by atoms with Gasteiger partial charge in [-0.25, -0.2) is 0 Å². The summed E-state index contributed by atoms with van der Waals surface area (Å²) in [6.07, 6.45) is 5.52. The molecule has 0 heterocycles. The third-order valence-electron chi connectivity index (χ3n) is 3.92. The standard InChI is InChI=1S/C16H22N2O2/c1-3-14(18-16(20)15(19)17-2)13-9-8-11-6-4-5-7-12(11)10-13/h8-10,14H,3-7H2,1-2H3,(H,17,19)(H,18,20). The van der Waals surface area contributed by atoms with Crippen molar-refractivity contribution in [1.29, 1.82) is 0 Å². The molecule has 1 aromatic carbocycles. The van der Waals surface area contributed by atoms with Gasteiger partial charge in [-0.05, 0) is 48.8 Å². The molecule has 0 aromatic heterocycles. The molecule has 0 radical (unpaired) electrons. The van der Waals surface area contributed by atoms with Gasteiger partial charge in [-0.15, -0.1) is 0 Å². The molecule has 0 fully saturated rings. The molecule has 1 aliphatic rings. The van der Waals surface area contributed by atoms with E-state index >= 15 is 0 Å². The van der Waals surface area contributed by atoms with Crippen LogP contribution in [-0.2, 0) is 22.4 Å². The molecule has 1 aliphatic carbocycles. The monoisotopic (exact) mass is 274 g/mol. The van der Waals surface area contributed by atoms with Gasteiger partial charge in [0.2, 0.25) is 0 Å². The Kier molecular flexibility index (Phi) is 4.77. The molecule has 0 bridgehead atoms. The summed E-state index contributed by atoms with van der Waals surface area (Å²) in [7, 11) is 1.46. The van der Waals surface area contributed by atoms with E-state index in [1.54, 1.807) is 0 Å². The van der Waals surface area contributed by atoms with E-state index in [1.807, 2.05) is 6.92 Å². The first kappa shape index (κ1) is 14.6. The summed E-state index contributed by atoms with van der Waals surface area (Å²) in [5.74, 6) is -1.17. The molecule has 1 aromatic rings. The lowest BCUT2D eigenvalue weighted by molar-refractivity contribution is -0.139. The van der Waals surface area contributed by atoms with Crippen molar-refractivity contribution in [2.45, 2.75) is 45.1 Å². The topological polar surface area (TPSA) is 58.2 Å². The minimum atomic E-state index is -0.596. The fourth-order valence-electron chi connectivity index (χ4n) is 2.73. The first-order valence-corrected chi connectivity index (χ1v) is 7.30. The molecule has 0 saturated heterocycles. The van der Waals surface area contributed by atoms with E-state index in [0.29, 0.717) is 0 Å². The van der Waals surface area contributed by atoms with Crippen molar-refractivity contribution < 1.29 is 9.59 Å². The zero-order valence-corrected chi connectivity index (χ0v) is 12.2. The van der Waals surface area contributed by atoms with E-state index in [1.165, 1.54) is 31.0 Å². The highest BCUT2D eigenvalue weighted by molar-refractivity contribution is 6.35. The lowest BCUT2D eigenvalue weighted by Crippen LogP contribution is -2.39. The maximum absolute atomic E-state index is 11.7. The molecule has 1 unspecified atom stereocenters. The Morgan fingerprint density at radius 1 is 1.15 bits per heavy atom. The average Bonchev–Trinajstić information content (AvgIpc) is 2.51.